The zero-order valence-corrected chi connectivity index (χ0v) is 38.9. The molecule has 17 heteroatoms. The Bertz CT molecular complexity index is 2330. The number of hydrogen-bond acceptors (Lipinski definition) is 14. The molecule has 0 radical (unpaired) electrons. The molecule has 0 spiro atoms. The number of carbonyl (C=O) groups excluding carboxylic acids is 2. The maximum absolute atomic E-state index is 13.7. The molecule has 0 aliphatic carbocycles. The van der Waals surface area contributed by atoms with Crippen molar-refractivity contribution in [1.82, 2.24) is 14.2 Å². The normalized spacial score (nSPS) is 16.5. The Morgan fingerprint density at radius 3 is 1.94 bits per heavy atom. The first-order valence-electron chi connectivity index (χ1n) is 21.2. The Kier molecular flexibility index (Phi) is 18.4. The second kappa shape index (κ2) is 23.9. The van der Waals surface area contributed by atoms with Crippen LogP contribution in [0.25, 0.3) is 0 Å². The third kappa shape index (κ3) is 13.1. The van der Waals surface area contributed by atoms with Crippen LogP contribution in [0.3, 0.4) is 0 Å². The number of H-pyrrole nitrogens is 1. The highest BCUT2D eigenvalue weighted by atomic mass is 31.2. The van der Waals surface area contributed by atoms with Gasteiger partial charge in [-0.15, -0.1) is 0 Å². The number of aromatic nitrogens is 2. The van der Waals surface area contributed by atoms with Crippen molar-refractivity contribution >= 4 is 20.5 Å². The van der Waals surface area contributed by atoms with Crippen molar-refractivity contribution in [3.05, 3.63) is 128 Å². The standard InChI is InChI=1S/C48H57N4O12P/c1-32(2)52(33(3)4)65(62-26-12-25-49)64-43-27-45(51-28-37(46(55)50-47(51)56)16-15-36(29-59-34(5)53)30-60-35(6)54)63-44(43)31-61-48(38-13-10-9-11-14-38,39-17-21-41(57-7)22-18-39)40-19-23-42(58-8)24-20-40/h9-11,13-14,17-24,28,32-33,36,43-45H,12,26-27,29-31H2,1-8H3,(H,50,55,56)/t43?,44-,45-,65?/m1/s1. The van der Waals surface area contributed by atoms with E-state index in [0.29, 0.717) is 11.5 Å². The minimum atomic E-state index is -1.79. The van der Waals surface area contributed by atoms with E-state index in [9.17, 15) is 24.4 Å². The molecule has 1 aliphatic heterocycles. The van der Waals surface area contributed by atoms with Gasteiger partial charge in [-0.2, -0.15) is 5.26 Å². The lowest BCUT2D eigenvalue weighted by Gasteiger charge is -2.39. The Labute approximate surface area is 380 Å². The smallest absolute Gasteiger partial charge is 0.330 e. The number of aromatic amines is 1. The van der Waals surface area contributed by atoms with Crippen molar-refractivity contribution in [1.29, 1.82) is 5.26 Å². The van der Waals surface area contributed by atoms with Crippen LogP contribution in [-0.2, 0) is 43.2 Å². The van der Waals surface area contributed by atoms with E-state index in [1.54, 1.807) is 14.2 Å². The number of rotatable bonds is 21. The van der Waals surface area contributed by atoms with Crippen LogP contribution in [-0.4, -0.2) is 91.1 Å². The van der Waals surface area contributed by atoms with Crippen LogP contribution in [0.2, 0.25) is 0 Å². The van der Waals surface area contributed by atoms with Crippen LogP contribution in [0.5, 0.6) is 11.5 Å². The van der Waals surface area contributed by atoms with E-state index in [4.69, 9.17) is 37.5 Å². The predicted molar refractivity (Wildman–Crippen MR) is 242 cm³/mol. The summed E-state index contributed by atoms with van der Waals surface area (Å²) < 4.78 is 51.9. The molecular formula is C48H57N4O12P. The molecular weight excluding hydrogens is 856 g/mol. The van der Waals surface area contributed by atoms with Gasteiger partial charge in [0.2, 0.25) is 0 Å². The third-order valence-electron chi connectivity index (χ3n) is 10.4. The predicted octanol–water partition coefficient (Wildman–Crippen LogP) is 6.61. The van der Waals surface area contributed by atoms with Gasteiger partial charge >= 0.3 is 17.6 Å². The third-order valence-corrected chi connectivity index (χ3v) is 12.5. The molecule has 0 bridgehead atoms. The molecule has 1 saturated heterocycles. The molecule has 1 N–H and O–H groups in total. The number of benzene rings is 3. The minimum Gasteiger partial charge on any atom is -0.497 e. The average Bonchev–Trinajstić information content (AvgIpc) is 3.68. The fourth-order valence-corrected chi connectivity index (χ4v) is 9.12. The summed E-state index contributed by atoms with van der Waals surface area (Å²) in [6, 6.07) is 27.1. The van der Waals surface area contributed by atoms with E-state index in [1.165, 1.54) is 24.6 Å². The Hall–Kier alpha value is -5.84. The number of nitrogens with zero attached hydrogens (tertiary/aromatic N) is 3. The Balaban J connectivity index is 1.61. The second-order valence-electron chi connectivity index (χ2n) is 15.7. The van der Waals surface area contributed by atoms with Gasteiger partial charge in [0.1, 0.15) is 48.2 Å². The topological polar surface area (TPSA) is 190 Å². The van der Waals surface area contributed by atoms with Crippen molar-refractivity contribution in [2.24, 2.45) is 5.92 Å². The van der Waals surface area contributed by atoms with E-state index >= 15 is 0 Å². The SMILES string of the molecule is COc1ccc(C(OC[C@H]2O[C@@H](n3cc(C#CC(COC(C)=O)COC(C)=O)c(=O)[nH]c3=O)CC2OP(OCCC#N)N(C(C)C)C(C)C)(c2ccccc2)c2ccc(OC)cc2)cc1. The summed E-state index contributed by atoms with van der Waals surface area (Å²) in [4.78, 5) is 52.3. The molecule has 346 valence electrons. The van der Waals surface area contributed by atoms with Gasteiger partial charge in [-0.3, -0.25) is 23.9 Å². The quantitative estimate of drug-likeness (QED) is 0.0309. The first-order valence-corrected chi connectivity index (χ1v) is 22.4. The van der Waals surface area contributed by atoms with Crippen LogP contribution < -0.4 is 20.7 Å². The lowest BCUT2D eigenvalue weighted by Crippen LogP contribution is -2.39. The van der Waals surface area contributed by atoms with Gasteiger partial charge in [0.15, 0.2) is 0 Å². The molecule has 16 nitrogen and oxygen atoms in total. The molecule has 1 aromatic heterocycles. The lowest BCUT2D eigenvalue weighted by molar-refractivity contribution is -0.144. The monoisotopic (exact) mass is 912 g/mol. The first kappa shape index (κ1) is 50.2. The highest BCUT2D eigenvalue weighted by Crippen LogP contribution is 2.50. The average molecular weight is 913 g/mol. The van der Waals surface area contributed by atoms with Gasteiger partial charge < -0.3 is 37.5 Å². The van der Waals surface area contributed by atoms with Gasteiger partial charge in [-0.25, -0.2) is 9.46 Å². The summed E-state index contributed by atoms with van der Waals surface area (Å²) >= 11 is 0. The number of methoxy groups -OCH3 is 2. The van der Waals surface area contributed by atoms with Crippen LogP contribution >= 0.6 is 8.53 Å². The van der Waals surface area contributed by atoms with Gasteiger partial charge in [0.05, 0.1) is 51.9 Å². The van der Waals surface area contributed by atoms with Crippen LogP contribution in [0.15, 0.2) is 94.6 Å². The highest BCUT2D eigenvalue weighted by Gasteiger charge is 2.45. The molecule has 65 heavy (non-hydrogen) atoms. The zero-order chi connectivity index (χ0) is 47.1. The number of esters is 2. The van der Waals surface area contributed by atoms with Gasteiger partial charge in [0.25, 0.3) is 14.1 Å². The number of hydrogen-bond donors (Lipinski definition) is 1. The molecule has 0 amide bonds. The van der Waals surface area contributed by atoms with Crippen molar-refractivity contribution in [3.8, 4) is 29.4 Å². The van der Waals surface area contributed by atoms with E-state index in [1.807, 2.05) is 107 Å². The highest BCUT2D eigenvalue weighted by molar-refractivity contribution is 7.44. The molecule has 3 aromatic carbocycles. The zero-order valence-electron chi connectivity index (χ0n) is 38.0. The first-order chi connectivity index (χ1) is 31.2. The van der Waals surface area contributed by atoms with Gasteiger partial charge in [-0.05, 0) is 68.7 Å². The van der Waals surface area contributed by atoms with Crippen molar-refractivity contribution < 1.29 is 47.1 Å². The van der Waals surface area contributed by atoms with E-state index < -0.39 is 61.7 Å². The van der Waals surface area contributed by atoms with Gasteiger partial charge in [0, 0.05) is 38.5 Å². The molecule has 1 aliphatic rings. The molecule has 4 aromatic rings. The van der Waals surface area contributed by atoms with Crippen molar-refractivity contribution in [2.75, 3.05) is 40.6 Å². The molecule has 5 rings (SSSR count). The van der Waals surface area contributed by atoms with E-state index in [0.717, 1.165) is 16.7 Å². The number of nitrogens with one attached hydrogen (secondary N) is 1. The summed E-state index contributed by atoms with van der Waals surface area (Å²) in [6.07, 6.45) is -1.02. The fourth-order valence-electron chi connectivity index (χ4n) is 7.36. The van der Waals surface area contributed by atoms with Crippen molar-refractivity contribution in [2.45, 2.75) is 90.5 Å². The largest absolute Gasteiger partial charge is 0.497 e. The number of nitriles is 1. The molecule has 4 atom stereocenters. The van der Waals surface area contributed by atoms with E-state index in [-0.39, 0.29) is 56.9 Å². The van der Waals surface area contributed by atoms with Gasteiger partial charge in [-0.1, -0.05) is 66.4 Å². The summed E-state index contributed by atoms with van der Waals surface area (Å²) in [6.45, 7) is 10.3. The minimum absolute atomic E-state index is 0.0136. The Morgan fingerprint density at radius 2 is 1.43 bits per heavy atom. The molecule has 0 saturated carbocycles. The second-order valence-corrected chi connectivity index (χ2v) is 17.1. The maximum Gasteiger partial charge on any atom is 0.330 e. The molecule has 2 unspecified atom stereocenters. The fraction of sp³-hybridized carbons (Fsp3) is 0.438. The number of ether oxygens (including phenoxy) is 6. The van der Waals surface area contributed by atoms with Crippen LogP contribution in [0.1, 0.15) is 82.9 Å². The van der Waals surface area contributed by atoms with Crippen LogP contribution in [0, 0.1) is 29.1 Å². The number of carbonyl (C=O) groups is 2. The Morgan fingerprint density at radius 1 is 0.877 bits per heavy atom. The molecule has 1 fully saturated rings. The summed E-state index contributed by atoms with van der Waals surface area (Å²) in [7, 11) is 1.41. The summed E-state index contributed by atoms with van der Waals surface area (Å²) in [5.74, 6) is 5.05. The van der Waals surface area contributed by atoms with Crippen molar-refractivity contribution in [3.63, 3.8) is 0 Å². The summed E-state index contributed by atoms with van der Waals surface area (Å²) in [5.41, 5.74) is -0.434. The lowest BCUT2D eigenvalue weighted by atomic mass is 9.80. The summed E-state index contributed by atoms with van der Waals surface area (Å²) in [5, 5.41) is 9.41. The maximum atomic E-state index is 13.7. The molecule has 2 heterocycles. The van der Waals surface area contributed by atoms with E-state index in [2.05, 4.69) is 27.6 Å². The van der Waals surface area contributed by atoms with Crippen LogP contribution in [0.4, 0.5) is 0 Å².